The summed E-state index contributed by atoms with van der Waals surface area (Å²) in [6.07, 6.45) is 1.82. The minimum Gasteiger partial charge on any atom is -0.449 e. The maximum atomic E-state index is 12.7. The fourth-order valence-corrected chi connectivity index (χ4v) is 5.12. The molecule has 0 bridgehead atoms. The van der Waals surface area contributed by atoms with Gasteiger partial charge in [-0.25, -0.2) is 14.8 Å². The molecule has 1 atom stereocenters. The summed E-state index contributed by atoms with van der Waals surface area (Å²) in [4.78, 5) is 37.4. The van der Waals surface area contributed by atoms with Crippen molar-refractivity contribution in [1.29, 1.82) is 0 Å². The first-order valence-corrected chi connectivity index (χ1v) is 12.0. The van der Waals surface area contributed by atoms with Crippen LogP contribution in [-0.2, 0) is 16.0 Å². The van der Waals surface area contributed by atoms with Crippen molar-refractivity contribution in [2.24, 2.45) is 4.99 Å². The molecule has 3 heterocycles. The lowest BCUT2D eigenvalue weighted by Gasteiger charge is -2.18. The van der Waals surface area contributed by atoms with E-state index in [1.165, 1.54) is 4.70 Å². The van der Waals surface area contributed by atoms with Gasteiger partial charge in [-0.3, -0.25) is 4.79 Å². The van der Waals surface area contributed by atoms with Gasteiger partial charge in [-0.15, -0.1) is 0 Å². The molecule has 0 saturated carbocycles. The molecule has 170 valence electrons. The maximum absolute atomic E-state index is 12.7. The van der Waals surface area contributed by atoms with Crippen molar-refractivity contribution in [1.82, 2.24) is 14.8 Å². The van der Waals surface area contributed by atoms with Crippen LogP contribution in [0, 0.1) is 0 Å². The van der Waals surface area contributed by atoms with E-state index in [0.29, 0.717) is 18.2 Å². The Morgan fingerprint density at radius 1 is 1.24 bits per heavy atom. The zero-order valence-corrected chi connectivity index (χ0v) is 19.2. The van der Waals surface area contributed by atoms with E-state index in [4.69, 9.17) is 4.74 Å². The number of carbonyl (C=O) groups is 2. The summed E-state index contributed by atoms with van der Waals surface area (Å²) in [6.45, 7) is 3.41. The molecule has 0 unspecified atom stereocenters. The number of nitrogens with zero attached hydrogens (tertiary/aromatic N) is 4. The predicted molar refractivity (Wildman–Crippen MR) is 129 cm³/mol. The Morgan fingerprint density at radius 3 is 2.85 bits per heavy atom. The first kappa shape index (κ1) is 21.4. The van der Waals surface area contributed by atoms with Crippen molar-refractivity contribution < 1.29 is 14.3 Å². The molecule has 2 amide bonds. The highest BCUT2D eigenvalue weighted by atomic mass is 32.1. The van der Waals surface area contributed by atoms with E-state index < -0.39 is 6.09 Å². The lowest BCUT2D eigenvalue weighted by molar-refractivity contribution is -0.126. The van der Waals surface area contributed by atoms with Gasteiger partial charge >= 0.3 is 6.09 Å². The number of ether oxygens (including phenoxy) is 1. The molecule has 1 aromatic heterocycles. The van der Waals surface area contributed by atoms with Crippen LogP contribution in [0.3, 0.4) is 0 Å². The Kier molecular flexibility index (Phi) is 5.95. The van der Waals surface area contributed by atoms with Crippen molar-refractivity contribution >= 4 is 50.3 Å². The number of anilines is 1. The van der Waals surface area contributed by atoms with Crippen molar-refractivity contribution in [2.75, 3.05) is 25.0 Å². The van der Waals surface area contributed by atoms with Crippen LogP contribution in [0.15, 0.2) is 53.5 Å². The Bertz CT molecular complexity index is 1170. The first-order valence-electron chi connectivity index (χ1n) is 11.2. The van der Waals surface area contributed by atoms with Gasteiger partial charge in [0.2, 0.25) is 5.96 Å². The molecule has 33 heavy (non-hydrogen) atoms. The molecule has 0 radical (unpaired) electrons. The third kappa shape index (κ3) is 4.28. The number of aliphatic imine (C=N–C) groups is 1. The van der Waals surface area contributed by atoms with Gasteiger partial charge in [0, 0.05) is 13.1 Å². The third-order valence-electron chi connectivity index (χ3n) is 5.81. The molecular formula is C24H25N5O3S. The van der Waals surface area contributed by atoms with Crippen LogP contribution in [0.4, 0.5) is 15.6 Å². The summed E-state index contributed by atoms with van der Waals surface area (Å²) in [6, 6.07) is 15.7. The number of imide groups is 1. The molecule has 2 aromatic carbocycles. The summed E-state index contributed by atoms with van der Waals surface area (Å²) in [5.41, 5.74) is 2.87. The van der Waals surface area contributed by atoms with Crippen molar-refractivity contribution in [3.8, 4) is 0 Å². The van der Waals surface area contributed by atoms with Gasteiger partial charge in [0.15, 0.2) is 5.13 Å². The average molecular weight is 464 g/mol. The molecule has 2 aliphatic rings. The number of amides is 2. The number of guanidine groups is 1. The van der Waals surface area contributed by atoms with Crippen molar-refractivity contribution in [3.05, 3.63) is 54.1 Å². The number of thiazole rings is 1. The normalized spacial score (nSPS) is 18.9. The fraction of sp³-hybridized carbons (Fsp3) is 0.333. The number of rotatable bonds is 6. The second kappa shape index (κ2) is 9.19. The zero-order valence-electron chi connectivity index (χ0n) is 18.4. The Labute approximate surface area is 195 Å². The van der Waals surface area contributed by atoms with E-state index in [0.717, 1.165) is 46.9 Å². The average Bonchev–Trinajstić information content (AvgIpc) is 3.51. The first-order chi connectivity index (χ1) is 16.1. The summed E-state index contributed by atoms with van der Waals surface area (Å²) < 4.78 is 6.27. The van der Waals surface area contributed by atoms with Crippen LogP contribution in [0.25, 0.3) is 10.2 Å². The van der Waals surface area contributed by atoms with Gasteiger partial charge < -0.3 is 15.0 Å². The zero-order chi connectivity index (χ0) is 22.8. The smallest absolute Gasteiger partial charge is 0.423 e. The number of fused-ring (bicyclic) bond motifs is 2. The topological polar surface area (TPSA) is 87.1 Å². The molecule has 2 aliphatic heterocycles. The Balaban J connectivity index is 1.26. The molecule has 3 aromatic rings. The third-order valence-corrected chi connectivity index (χ3v) is 6.81. The highest BCUT2D eigenvalue weighted by Gasteiger charge is 2.49. The molecule has 0 aliphatic carbocycles. The summed E-state index contributed by atoms with van der Waals surface area (Å²) in [5.74, 6) is 0.119. The summed E-state index contributed by atoms with van der Waals surface area (Å²) in [7, 11) is 0. The second-order valence-corrected chi connectivity index (χ2v) is 9.00. The maximum Gasteiger partial charge on any atom is 0.423 e. The minimum atomic E-state index is -0.659. The predicted octanol–water partition coefficient (Wildman–Crippen LogP) is 4.40. The summed E-state index contributed by atoms with van der Waals surface area (Å²) in [5, 5.41) is 4.31. The van der Waals surface area contributed by atoms with Crippen LogP contribution in [0.5, 0.6) is 0 Å². The number of nitrogens with one attached hydrogen (secondary N) is 1. The van der Waals surface area contributed by atoms with Gasteiger partial charge in [0.1, 0.15) is 6.04 Å². The van der Waals surface area contributed by atoms with Gasteiger partial charge in [-0.2, -0.15) is 4.90 Å². The van der Waals surface area contributed by atoms with E-state index in [1.807, 2.05) is 47.4 Å². The van der Waals surface area contributed by atoms with Crippen LogP contribution >= 0.6 is 11.3 Å². The number of para-hydroxylation sites is 1. The van der Waals surface area contributed by atoms with Gasteiger partial charge in [0.05, 0.1) is 22.5 Å². The van der Waals surface area contributed by atoms with Crippen molar-refractivity contribution in [3.63, 3.8) is 0 Å². The molecule has 2 fully saturated rings. The second-order valence-electron chi connectivity index (χ2n) is 7.97. The van der Waals surface area contributed by atoms with Gasteiger partial charge in [-0.1, -0.05) is 35.6 Å². The van der Waals surface area contributed by atoms with Gasteiger partial charge in [0.25, 0.3) is 5.91 Å². The standard InChI is InChI=1S/C24H25N5O3S/c1-2-32-24(31)29-21(30)19-7-5-15-28(19)23(29)26-17-11-9-16(10-12-17)13-14-25-22-27-18-6-3-4-8-20(18)33-22/h3-4,6,8-12,19H,2,5,7,13-15H2,1H3,(H,25,27)/b26-23+/t19-/m0/s1. The van der Waals surface area contributed by atoms with E-state index in [9.17, 15) is 9.59 Å². The number of carbonyl (C=O) groups excluding carboxylic acids is 2. The Morgan fingerprint density at radius 2 is 2.06 bits per heavy atom. The Hall–Kier alpha value is -3.46. The number of benzene rings is 2. The molecule has 0 spiro atoms. The molecule has 9 heteroatoms. The molecule has 8 nitrogen and oxygen atoms in total. The van der Waals surface area contributed by atoms with Gasteiger partial charge in [-0.05, 0) is 56.0 Å². The minimum absolute atomic E-state index is 0.209. The molecule has 5 rings (SSSR count). The van der Waals surface area contributed by atoms with Crippen LogP contribution in [0.1, 0.15) is 25.3 Å². The largest absolute Gasteiger partial charge is 0.449 e. The summed E-state index contributed by atoms with van der Waals surface area (Å²) >= 11 is 1.65. The number of aromatic nitrogens is 1. The van der Waals surface area contributed by atoms with E-state index in [2.05, 4.69) is 21.4 Å². The number of hydrogen-bond donors (Lipinski definition) is 1. The van der Waals surface area contributed by atoms with E-state index in [-0.39, 0.29) is 18.6 Å². The number of hydrogen-bond acceptors (Lipinski definition) is 7. The SMILES string of the molecule is CCOC(=O)N1C(=O)[C@@H]2CCCN2/C1=N\c1ccc(CCNc2nc3ccccc3s2)cc1. The highest BCUT2D eigenvalue weighted by Crippen LogP contribution is 2.30. The lowest BCUT2D eigenvalue weighted by Crippen LogP contribution is -2.40. The van der Waals surface area contributed by atoms with Crippen molar-refractivity contribution in [2.45, 2.75) is 32.2 Å². The van der Waals surface area contributed by atoms with Crippen LogP contribution in [0.2, 0.25) is 0 Å². The quantitative estimate of drug-likeness (QED) is 0.583. The van der Waals surface area contributed by atoms with E-state index in [1.54, 1.807) is 18.3 Å². The molecule has 1 N–H and O–H groups in total. The van der Waals surface area contributed by atoms with Crippen LogP contribution < -0.4 is 5.32 Å². The lowest BCUT2D eigenvalue weighted by atomic mass is 10.1. The van der Waals surface area contributed by atoms with Crippen LogP contribution in [-0.4, -0.2) is 58.5 Å². The molecular weight excluding hydrogens is 438 g/mol. The monoisotopic (exact) mass is 463 g/mol. The fourth-order valence-electron chi connectivity index (χ4n) is 4.23. The highest BCUT2D eigenvalue weighted by molar-refractivity contribution is 7.22. The van der Waals surface area contributed by atoms with E-state index >= 15 is 0 Å². The molecule has 2 saturated heterocycles.